The lowest BCUT2D eigenvalue weighted by molar-refractivity contribution is 1.18. The van der Waals surface area contributed by atoms with Crippen LogP contribution in [0.4, 0.5) is 0 Å². The second-order valence-electron chi connectivity index (χ2n) is 23.5. The van der Waals surface area contributed by atoms with Gasteiger partial charge < -0.3 is 18.3 Å². The fraction of sp³-hybridized carbons (Fsp3) is 0. The number of hydrogen-bond donors (Lipinski definition) is 0. The number of rotatable bonds is 7. The molecule has 0 aliphatic carbocycles. The van der Waals surface area contributed by atoms with Gasteiger partial charge in [-0.3, -0.25) is 0 Å². The van der Waals surface area contributed by atoms with E-state index in [9.17, 15) is 5.26 Å². The maximum Gasteiger partial charge on any atom is 0.0991 e. The fourth-order valence-corrected chi connectivity index (χ4v) is 15.9. The van der Waals surface area contributed by atoms with E-state index in [1.165, 1.54) is 102 Å². The molecule has 412 valence electrons. The van der Waals surface area contributed by atoms with Crippen molar-refractivity contribution in [3.63, 3.8) is 0 Å². The Morgan fingerprint density at radius 3 is 1.16 bits per heavy atom. The van der Waals surface area contributed by atoms with Gasteiger partial charge in [0, 0.05) is 75.6 Å². The number of aromatic nitrogens is 4. The van der Waals surface area contributed by atoms with E-state index in [1.54, 1.807) is 0 Å². The second kappa shape index (κ2) is 19.1. The summed E-state index contributed by atoms with van der Waals surface area (Å²) in [5.41, 5.74) is 21.3. The van der Waals surface area contributed by atoms with Gasteiger partial charge in [-0.1, -0.05) is 152 Å². The third-order valence-electron chi connectivity index (χ3n) is 18.8. The smallest absolute Gasteiger partial charge is 0.0991 e. The van der Waals surface area contributed by atoms with Crippen LogP contribution in [-0.4, -0.2) is 18.3 Å². The quantitative estimate of drug-likeness (QED) is 0.157. The summed E-state index contributed by atoms with van der Waals surface area (Å²) in [6.45, 7) is 0. The summed E-state index contributed by atoms with van der Waals surface area (Å²) in [5, 5.41) is 24.5. The Labute approximate surface area is 514 Å². The van der Waals surface area contributed by atoms with Gasteiger partial charge in [-0.2, -0.15) is 5.26 Å². The van der Waals surface area contributed by atoms with Crippen molar-refractivity contribution in [3.8, 4) is 62.2 Å². The van der Waals surface area contributed by atoms with Crippen molar-refractivity contribution >= 4 is 130 Å². The maximum absolute atomic E-state index is 9.86. The molecule has 0 atom stereocenters. The van der Waals surface area contributed by atoms with Crippen LogP contribution < -0.4 is 0 Å². The zero-order valence-corrected chi connectivity index (χ0v) is 48.8. The normalized spacial score (nSPS) is 12.0. The first-order valence-corrected chi connectivity index (χ1v) is 31.1. The van der Waals surface area contributed by atoms with Gasteiger partial charge in [-0.25, -0.2) is 0 Å². The van der Waals surface area contributed by atoms with E-state index in [1.807, 2.05) is 23.5 Å². The molecule has 0 bridgehead atoms. The molecule has 5 aromatic heterocycles. The molecular formula is C83H49N5S. The van der Waals surface area contributed by atoms with Crippen molar-refractivity contribution in [1.82, 2.24) is 18.3 Å². The highest BCUT2D eigenvalue weighted by Gasteiger charge is 2.22. The number of nitriles is 1. The minimum Gasteiger partial charge on any atom is -0.309 e. The molecule has 14 aromatic carbocycles. The summed E-state index contributed by atoms with van der Waals surface area (Å²) in [5.74, 6) is 0. The standard InChI is InChI=1S/C83H49N5S/c84-50-51-25-34-61(35-26-51)86-76-38-29-56(55-33-42-80-68(45-55)64-18-7-10-22-74(64)88(80)81-23-12-20-66-65-19-8-11-24-82(65)89-83(66)81)46-69(76)70-47-58(30-39-77(70)86)59-32-41-79-72(49-59)71-48-57(31-40-78(71)87(79)62-36-27-52-13-4-5-14-53(52)43-62)54-28-37-75-67(44-54)63-17-6-9-21-73(63)85(75)60-15-2-1-3-16-60/h1-49H. The Bertz CT molecular complexity index is 6240. The highest BCUT2D eigenvalue weighted by molar-refractivity contribution is 7.26. The maximum atomic E-state index is 9.86. The van der Waals surface area contributed by atoms with Crippen molar-refractivity contribution in [2.24, 2.45) is 0 Å². The Kier molecular flexibility index (Phi) is 10.6. The third-order valence-corrected chi connectivity index (χ3v) is 20.0. The summed E-state index contributed by atoms with van der Waals surface area (Å²) in [6.07, 6.45) is 0. The Morgan fingerprint density at radius 2 is 0.629 bits per heavy atom. The second-order valence-corrected chi connectivity index (χ2v) is 24.6. The van der Waals surface area contributed by atoms with Crippen LogP contribution in [0.15, 0.2) is 297 Å². The number of nitrogens with zero attached hydrogens (tertiary/aromatic N) is 5. The molecule has 19 aromatic rings. The van der Waals surface area contributed by atoms with E-state index in [4.69, 9.17) is 0 Å². The van der Waals surface area contributed by atoms with Crippen molar-refractivity contribution < 1.29 is 0 Å². The van der Waals surface area contributed by atoms with E-state index in [0.717, 1.165) is 72.2 Å². The number of benzene rings is 14. The zero-order valence-electron chi connectivity index (χ0n) is 47.9. The summed E-state index contributed by atoms with van der Waals surface area (Å²) >= 11 is 1.87. The molecule has 0 N–H and O–H groups in total. The SMILES string of the molecule is N#Cc1ccc(-n2c3ccc(-c4ccc5c(c4)c4cc(-c6ccc7c(c6)c6ccccc6n7-c6ccccc6)ccc4n5-c4ccc5ccccc5c4)cc3c3cc(-c4ccc5c(c4)c4ccccc4n5-c4cccc5c4sc4ccccc45)ccc32)cc1. The van der Waals surface area contributed by atoms with Crippen LogP contribution in [0.2, 0.25) is 0 Å². The minimum absolute atomic E-state index is 0.633. The van der Waals surface area contributed by atoms with Crippen molar-refractivity contribution in [2.75, 3.05) is 0 Å². The van der Waals surface area contributed by atoms with E-state index in [2.05, 4.69) is 309 Å². The Morgan fingerprint density at radius 1 is 0.247 bits per heavy atom. The highest BCUT2D eigenvalue weighted by Crippen LogP contribution is 2.45. The number of para-hydroxylation sites is 3. The van der Waals surface area contributed by atoms with Crippen LogP contribution in [0.5, 0.6) is 0 Å². The van der Waals surface area contributed by atoms with E-state index < -0.39 is 0 Å². The Hall–Kier alpha value is -11.8. The summed E-state index contributed by atoms with van der Waals surface area (Å²) in [6, 6.07) is 111. The number of thiophene rings is 1. The molecule has 0 fully saturated rings. The van der Waals surface area contributed by atoms with Crippen LogP contribution in [0.3, 0.4) is 0 Å². The molecule has 0 amide bonds. The minimum atomic E-state index is 0.633. The van der Waals surface area contributed by atoms with Gasteiger partial charge in [0.2, 0.25) is 0 Å². The van der Waals surface area contributed by atoms with Gasteiger partial charge in [-0.15, -0.1) is 11.3 Å². The topological polar surface area (TPSA) is 43.5 Å². The lowest BCUT2D eigenvalue weighted by Crippen LogP contribution is -1.94. The first-order chi connectivity index (χ1) is 44.1. The first kappa shape index (κ1) is 49.5. The van der Waals surface area contributed by atoms with Crippen LogP contribution in [0.25, 0.3) is 174 Å². The lowest BCUT2D eigenvalue weighted by atomic mass is 9.98. The van der Waals surface area contributed by atoms with Crippen LogP contribution in [0, 0.1) is 11.3 Å². The van der Waals surface area contributed by atoms with E-state index in [-0.39, 0.29) is 0 Å². The third kappa shape index (κ3) is 7.47. The van der Waals surface area contributed by atoms with Gasteiger partial charge >= 0.3 is 0 Å². The predicted octanol–water partition coefficient (Wildman–Crippen LogP) is 22.5. The van der Waals surface area contributed by atoms with Gasteiger partial charge in [0.1, 0.15) is 0 Å². The average molecular weight is 1150 g/mol. The Balaban J connectivity index is 0.783. The van der Waals surface area contributed by atoms with Crippen molar-refractivity contribution in [3.05, 3.63) is 303 Å². The first-order valence-electron chi connectivity index (χ1n) is 30.3. The average Bonchev–Trinajstić information content (AvgIpc) is 1.71. The zero-order chi connectivity index (χ0) is 58.4. The van der Waals surface area contributed by atoms with Gasteiger partial charge in [0.05, 0.1) is 66.2 Å². The van der Waals surface area contributed by atoms with E-state index >= 15 is 0 Å². The molecule has 6 heteroatoms. The summed E-state index contributed by atoms with van der Waals surface area (Å²) in [4.78, 5) is 0. The highest BCUT2D eigenvalue weighted by atomic mass is 32.1. The van der Waals surface area contributed by atoms with Crippen molar-refractivity contribution in [1.29, 1.82) is 5.26 Å². The van der Waals surface area contributed by atoms with Crippen LogP contribution in [-0.2, 0) is 0 Å². The summed E-state index contributed by atoms with van der Waals surface area (Å²) in [7, 11) is 0. The summed E-state index contributed by atoms with van der Waals surface area (Å²) < 4.78 is 12.2. The molecule has 19 rings (SSSR count). The molecule has 5 heterocycles. The molecule has 0 aliphatic rings. The monoisotopic (exact) mass is 1150 g/mol. The molecule has 5 nitrogen and oxygen atoms in total. The molecule has 0 aliphatic heterocycles. The molecule has 0 saturated carbocycles. The fourth-order valence-electron chi connectivity index (χ4n) is 14.7. The molecule has 0 spiro atoms. The molecule has 0 unspecified atom stereocenters. The molecule has 0 saturated heterocycles. The van der Waals surface area contributed by atoms with Crippen LogP contribution in [0.1, 0.15) is 5.56 Å². The van der Waals surface area contributed by atoms with Gasteiger partial charge in [0.25, 0.3) is 0 Å². The molecular weight excluding hydrogens is 1100 g/mol. The number of hydrogen-bond acceptors (Lipinski definition) is 2. The van der Waals surface area contributed by atoms with Crippen molar-refractivity contribution in [2.45, 2.75) is 0 Å². The van der Waals surface area contributed by atoms with Crippen LogP contribution >= 0.6 is 11.3 Å². The lowest BCUT2D eigenvalue weighted by Gasteiger charge is -2.11. The molecule has 0 radical (unpaired) electrons. The van der Waals surface area contributed by atoms with Gasteiger partial charge in [-0.05, 0) is 190 Å². The predicted molar refractivity (Wildman–Crippen MR) is 375 cm³/mol. The molecule has 89 heavy (non-hydrogen) atoms. The number of fused-ring (bicyclic) bond motifs is 16. The largest absolute Gasteiger partial charge is 0.309 e. The van der Waals surface area contributed by atoms with E-state index in [0.29, 0.717) is 5.56 Å². The van der Waals surface area contributed by atoms with Gasteiger partial charge in [0.15, 0.2) is 0 Å².